The van der Waals surface area contributed by atoms with Crippen molar-refractivity contribution in [2.75, 3.05) is 5.73 Å². The first kappa shape index (κ1) is 15.6. The van der Waals surface area contributed by atoms with Gasteiger partial charge in [0.05, 0.1) is 11.4 Å². The monoisotopic (exact) mass is 272 g/mol. The summed E-state index contributed by atoms with van der Waals surface area (Å²) in [6, 6.07) is 1.73. The van der Waals surface area contributed by atoms with Crippen LogP contribution in [0.15, 0.2) is 35.6 Å². The highest BCUT2D eigenvalue weighted by molar-refractivity contribution is 5.73. The maximum atomic E-state index is 5.76. The van der Waals surface area contributed by atoms with Crippen LogP contribution in [-0.2, 0) is 0 Å². The first-order valence-corrected chi connectivity index (χ1v) is 6.54. The zero-order chi connectivity index (χ0) is 15.0. The van der Waals surface area contributed by atoms with Crippen molar-refractivity contribution in [1.29, 1.82) is 0 Å². The molecule has 20 heavy (non-hydrogen) atoms. The minimum atomic E-state index is 0.392. The highest BCUT2D eigenvalue weighted by Crippen LogP contribution is 2.18. The van der Waals surface area contributed by atoms with E-state index in [1.54, 1.807) is 16.8 Å². The highest BCUT2D eigenvalue weighted by Gasteiger charge is 2.09. The van der Waals surface area contributed by atoms with E-state index in [9.17, 15) is 0 Å². The Balaban J connectivity index is 0.000000956. The predicted octanol–water partition coefficient (Wildman–Crippen LogP) is 2.74. The Kier molecular flexibility index (Phi) is 6.09. The van der Waals surface area contributed by atoms with Crippen molar-refractivity contribution in [3.63, 3.8) is 0 Å². The van der Waals surface area contributed by atoms with E-state index in [-0.39, 0.29) is 0 Å². The summed E-state index contributed by atoms with van der Waals surface area (Å²) in [4.78, 5) is 12.4. The van der Waals surface area contributed by atoms with Crippen LogP contribution >= 0.6 is 0 Å². The van der Waals surface area contributed by atoms with E-state index in [2.05, 4.69) is 20.1 Å². The van der Waals surface area contributed by atoms with Crippen molar-refractivity contribution < 1.29 is 0 Å². The molecule has 2 aromatic rings. The van der Waals surface area contributed by atoms with Gasteiger partial charge in [-0.1, -0.05) is 26.0 Å². The molecule has 0 aliphatic heterocycles. The molecule has 6 nitrogen and oxygen atoms in total. The molecule has 0 atom stereocenters. The Morgan fingerprint density at radius 1 is 1.35 bits per heavy atom. The van der Waals surface area contributed by atoms with Crippen LogP contribution in [0.5, 0.6) is 0 Å². The average Bonchev–Trinajstić information content (AvgIpc) is 2.93. The second kappa shape index (κ2) is 7.83. The summed E-state index contributed by atoms with van der Waals surface area (Å²) < 4.78 is 1.61. The average molecular weight is 272 g/mol. The second-order valence-corrected chi connectivity index (χ2v) is 3.50. The fourth-order valence-electron chi connectivity index (χ4n) is 1.53. The summed E-state index contributed by atoms with van der Waals surface area (Å²) in [7, 11) is 0. The first-order valence-electron chi connectivity index (χ1n) is 6.54. The summed E-state index contributed by atoms with van der Waals surface area (Å²) in [6.07, 6.45) is 8.87. The molecular formula is C14H20N6. The van der Waals surface area contributed by atoms with E-state index in [0.717, 1.165) is 11.4 Å². The Morgan fingerprint density at radius 2 is 2.10 bits per heavy atom. The van der Waals surface area contributed by atoms with E-state index in [0.29, 0.717) is 11.6 Å². The van der Waals surface area contributed by atoms with Crippen molar-refractivity contribution in [3.05, 3.63) is 36.3 Å². The van der Waals surface area contributed by atoms with Gasteiger partial charge in [0.1, 0.15) is 12.1 Å². The fraction of sp³-hybridized carbons (Fsp3) is 0.286. The predicted molar refractivity (Wildman–Crippen MR) is 83.5 cm³/mol. The summed E-state index contributed by atoms with van der Waals surface area (Å²) in [6.45, 7) is 7.79. The third-order valence-corrected chi connectivity index (χ3v) is 2.25. The molecule has 0 aliphatic carbocycles. The normalized spacial score (nSPS) is 12.1. The number of aromatic nitrogens is 4. The van der Waals surface area contributed by atoms with Gasteiger partial charge in [-0.15, -0.1) is 0 Å². The van der Waals surface area contributed by atoms with Crippen LogP contribution in [0.25, 0.3) is 11.5 Å². The number of hydrogen-bond donors (Lipinski definition) is 1. The number of allylic oxidation sites excluding steroid dienone is 3. The van der Waals surface area contributed by atoms with Crippen molar-refractivity contribution in [3.8, 4) is 0 Å². The van der Waals surface area contributed by atoms with Crippen molar-refractivity contribution in [1.82, 2.24) is 19.6 Å². The van der Waals surface area contributed by atoms with Gasteiger partial charge in [-0.2, -0.15) is 19.6 Å². The van der Waals surface area contributed by atoms with Gasteiger partial charge in [-0.25, -0.2) is 0 Å². The molecule has 2 heterocycles. The van der Waals surface area contributed by atoms with Gasteiger partial charge in [0, 0.05) is 12.3 Å². The molecule has 0 fully saturated rings. The smallest absolute Gasteiger partial charge is 0.254 e. The number of nitrogen functional groups attached to an aromatic ring is 1. The minimum absolute atomic E-state index is 0.392. The molecule has 0 radical (unpaired) electrons. The molecule has 0 bridgehead atoms. The van der Waals surface area contributed by atoms with Crippen LogP contribution in [0.2, 0.25) is 0 Å². The number of anilines is 1. The van der Waals surface area contributed by atoms with Crippen molar-refractivity contribution >= 4 is 23.5 Å². The number of nitrogens with zero attached hydrogens (tertiary/aromatic N) is 5. The number of fused-ring (bicyclic) bond motifs is 1. The lowest BCUT2D eigenvalue weighted by atomic mass is 10.2. The minimum Gasteiger partial charge on any atom is -0.384 e. The van der Waals surface area contributed by atoms with Gasteiger partial charge < -0.3 is 5.73 Å². The summed E-state index contributed by atoms with van der Waals surface area (Å²) in [5.41, 5.74) is 7.26. The molecule has 2 rings (SSSR count). The SMILES string of the molecule is CC.CC=N/C(=C\C=C/C)c1cc(N)nc2ncnn12. The van der Waals surface area contributed by atoms with Crippen molar-refractivity contribution in [2.45, 2.75) is 27.7 Å². The number of nitrogens with two attached hydrogens (primary N) is 1. The van der Waals surface area contributed by atoms with Crippen LogP contribution < -0.4 is 5.73 Å². The maximum absolute atomic E-state index is 5.76. The zero-order valence-electron chi connectivity index (χ0n) is 12.3. The van der Waals surface area contributed by atoms with Gasteiger partial charge in [-0.3, -0.25) is 4.99 Å². The van der Waals surface area contributed by atoms with E-state index < -0.39 is 0 Å². The van der Waals surface area contributed by atoms with Crippen LogP contribution in [0.4, 0.5) is 5.82 Å². The highest BCUT2D eigenvalue weighted by atomic mass is 15.3. The van der Waals surface area contributed by atoms with E-state index in [1.165, 1.54) is 6.33 Å². The molecule has 6 heteroatoms. The van der Waals surface area contributed by atoms with Crippen LogP contribution in [-0.4, -0.2) is 25.8 Å². The molecule has 0 aliphatic rings. The third kappa shape index (κ3) is 3.50. The number of rotatable bonds is 3. The molecule has 0 aromatic carbocycles. The first-order chi connectivity index (χ1) is 9.76. The zero-order valence-corrected chi connectivity index (χ0v) is 12.3. The lowest BCUT2D eigenvalue weighted by molar-refractivity contribution is 0.920. The second-order valence-electron chi connectivity index (χ2n) is 3.50. The van der Waals surface area contributed by atoms with E-state index in [1.807, 2.05) is 45.9 Å². The number of aliphatic imine (C=N–C) groups is 1. The van der Waals surface area contributed by atoms with Gasteiger partial charge in [0.25, 0.3) is 5.78 Å². The quantitative estimate of drug-likeness (QED) is 0.688. The summed E-state index contributed by atoms with van der Waals surface area (Å²) >= 11 is 0. The molecular weight excluding hydrogens is 252 g/mol. The van der Waals surface area contributed by atoms with Crippen LogP contribution in [0, 0.1) is 0 Å². The van der Waals surface area contributed by atoms with Gasteiger partial charge in [-0.05, 0) is 19.9 Å². The van der Waals surface area contributed by atoms with Gasteiger partial charge in [0.15, 0.2) is 0 Å². The van der Waals surface area contributed by atoms with E-state index in [4.69, 9.17) is 5.73 Å². The lowest BCUT2D eigenvalue weighted by Gasteiger charge is -2.04. The van der Waals surface area contributed by atoms with Crippen molar-refractivity contribution in [2.24, 2.45) is 4.99 Å². The van der Waals surface area contributed by atoms with Crippen LogP contribution in [0.1, 0.15) is 33.4 Å². The largest absolute Gasteiger partial charge is 0.384 e. The third-order valence-electron chi connectivity index (χ3n) is 2.25. The van der Waals surface area contributed by atoms with Crippen LogP contribution in [0.3, 0.4) is 0 Å². The Morgan fingerprint density at radius 3 is 2.75 bits per heavy atom. The Labute approximate surface area is 118 Å². The lowest BCUT2D eigenvalue weighted by Crippen LogP contribution is -2.02. The van der Waals surface area contributed by atoms with Gasteiger partial charge >= 0.3 is 0 Å². The Hall–Kier alpha value is -2.50. The summed E-state index contributed by atoms with van der Waals surface area (Å²) in [5.74, 6) is 0.853. The standard InChI is InChI=1S/C12H14N6.C2H6/c1-3-5-6-9(14-4-2)10-7-11(13)17-12-15-8-16-18(10)12;1-2/h3-8H,1-2H3,(H2,13,15,16,17);1-2H3/b5-3-,9-6-,14-4?;. The summed E-state index contributed by atoms with van der Waals surface area (Å²) in [5, 5.41) is 4.12. The van der Waals surface area contributed by atoms with E-state index >= 15 is 0 Å². The molecule has 0 saturated carbocycles. The maximum Gasteiger partial charge on any atom is 0.254 e. The molecule has 0 spiro atoms. The molecule has 0 unspecified atom stereocenters. The van der Waals surface area contributed by atoms with Gasteiger partial charge in [0.2, 0.25) is 0 Å². The molecule has 106 valence electrons. The Bertz CT molecular complexity index is 636. The topological polar surface area (TPSA) is 81.5 Å². The fourth-order valence-corrected chi connectivity index (χ4v) is 1.53. The molecule has 2 aromatic heterocycles. The molecule has 2 N–H and O–H groups in total. The number of hydrogen-bond acceptors (Lipinski definition) is 5. The molecule has 0 saturated heterocycles. The molecule has 0 amide bonds.